The fourth-order valence-corrected chi connectivity index (χ4v) is 3.46. The van der Waals surface area contributed by atoms with E-state index in [1.165, 1.54) is 23.4 Å². The average Bonchev–Trinajstić information content (AvgIpc) is 3.20. The van der Waals surface area contributed by atoms with Crippen LogP contribution in [0.25, 0.3) is 11.1 Å². The molecule has 0 aliphatic heterocycles. The van der Waals surface area contributed by atoms with Gasteiger partial charge in [-0.3, -0.25) is 0 Å². The van der Waals surface area contributed by atoms with Gasteiger partial charge in [-0.05, 0) is 35.9 Å². The van der Waals surface area contributed by atoms with Gasteiger partial charge >= 0.3 is 0 Å². The Morgan fingerprint density at radius 2 is 2.00 bits per heavy atom. The predicted octanol–water partition coefficient (Wildman–Crippen LogP) is 4.02. The van der Waals surface area contributed by atoms with Crippen LogP contribution in [0.4, 0.5) is 10.8 Å². The van der Waals surface area contributed by atoms with E-state index >= 15 is 0 Å². The van der Waals surface area contributed by atoms with Crippen LogP contribution in [-0.4, -0.2) is 17.0 Å². The Bertz CT molecular complexity index is 573. The highest BCUT2D eigenvalue weighted by Gasteiger charge is 2.32. The average molecular weight is 287 g/mol. The van der Waals surface area contributed by atoms with Crippen molar-refractivity contribution >= 4 is 22.4 Å². The lowest BCUT2D eigenvalue weighted by Gasteiger charge is -2.26. The van der Waals surface area contributed by atoms with Crippen LogP contribution in [0.2, 0.25) is 0 Å². The molecule has 1 heterocycles. The molecule has 0 spiro atoms. The molecule has 1 aliphatic carbocycles. The van der Waals surface area contributed by atoms with Crippen LogP contribution in [-0.2, 0) is 0 Å². The summed E-state index contributed by atoms with van der Waals surface area (Å²) in [7, 11) is 0. The fraction of sp³-hybridized carbons (Fsp3) is 0.438. The minimum atomic E-state index is 0.641. The molecule has 0 atom stereocenters. The van der Waals surface area contributed by atoms with Gasteiger partial charge in [0.2, 0.25) is 0 Å². The number of benzene rings is 1. The number of anilines is 2. The van der Waals surface area contributed by atoms with Crippen LogP contribution >= 0.6 is 11.5 Å². The minimum Gasteiger partial charge on any atom is -0.382 e. The van der Waals surface area contributed by atoms with Crippen molar-refractivity contribution in [2.24, 2.45) is 5.92 Å². The second kappa shape index (κ2) is 5.44. The Balaban J connectivity index is 2.01. The highest BCUT2D eigenvalue weighted by molar-refractivity contribution is 7.11. The molecule has 0 bridgehead atoms. The maximum Gasteiger partial charge on any atom is 0.147 e. The highest BCUT2D eigenvalue weighted by Crippen LogP contribution is 2.43. The van der Waals surface area contributed by atoms with E-state index in [1.807, 2.05) is 6.07 Å². The molecule has 3 rings (SSSR count). The quantitative estimate of drug-likeness (QED) is 0.903. The van der Waals surface area contributed by atoms with E-state index in [-0.39, 0.29) is 0 Å². The number of rotatable bonds is 5. The van der Waals surface area contributed by atoms with Crippen molar-refractivity contribution in [3.63, 3.8) is 0 Å². The molecule has 0 unspecified atom stereocenters. The zero-order chi connectivity index (χ0) is 14.1. The number of nitrogens with zero attached hydrogens (tertiary/aromatic N) is 2. The van der Waals surface area contributed by atoms with E-state index in [0.29, 0.717) is 17.8 Å². The van der Waals surface area contributed by atoms with Crippen molar-refractivity contribution < 1.29 is 0 Å². The van der Waals surface area contributed by atoms with Crippen molar-refractivity contribution in [1.29, 1.82) is 0 Å². The standard InChI is InChI=1S/C16H21N3S/c1-11(2)10-19(13-8-9-13)16-14(15(17)18-20-16)12-6-4-3-5-7-12/h3-7,11,13H,8-10H2,1-2H3,(H2,17,18). The number of aromatic nitrogens is 1. The molecule has 0 saturated heterocycles. The molecule has 0 radical (unpaired) electrons. The largest absolute Gasteiger partial charge is 0.382 e. The Morgan fingerprint density at radius 3 is 2.60 bits per heavy atom. The number of hydrogen-bond donors (Lipinski definition) is 1. The zero-order valence-electron chi connectivity index (χ0n) is 12.0. The topological polar surface area (TPSA) is 42.2 Å². The molecule has 0 amide bonds. The molecule has 1 fully saturated rings. The van der Waals surface area contributed by atoms with E-state index in [0.717, 1.165) is 12.1 Å². The second-order valence-corrected chi connectivity index (χ2v) is 6.64. The van der Waals surface area contributed by atoms with Gasteiger partial charge in [-0.15, -0.1) is 0 Å². The maximum atomic E-state index is 6.14. The van der Waals surface area contributed by atoms with Crippen LogP contribution < -0.4 is 10.6 Å². The maximum absolute atomic E-state index is 6.14. The first-order valence-electron chi connectivity index (χ1n) is 7.24. The molecule has 2 aromatic rings. The van der Waals surface area contributed by atoms with E-state index in [9.17, 15) is 0 Å². The van der Waals surface area contributed by atoms with Crippen molar-refractivity contribution in [2.75, 3.05) is 17.2 Å². The molecule has 1 saturated carbocycles. The number of nitrogen functional groups attached to an aromatic ring is 1. The molecular formula is C16H21N3S. The predicted molar refractivity (Wildman–Crippen MR) is 87.2 cm³/mol. The van der Waals surface area contributed by atoms with E-state index in [4.69, 9.17) is 5.73 Å². The molecule has 2 N–H and O–H groups in total. The molecule has 20 heavy (non-hydrogen) atoms. The fourth-order valence-electron chi connectivity index (χ4n) is 2.54. The summed E-state index contributed by atoms with van der Waals surface area (Å²) in [6, 6.07) is 11.1. The SMILES string of the molecule is CC(C)CN(c1snc(N)c1-c1ccccc1)C1CC1. The third kappa shape index (κ3) is 2.66. The zero-order valence-corrected chi connectivity index (χ0v) is 12.9. The van der Waals surface area contributed by atoms with Crippen molar-refractivity contribution in [3.8, 4) is 11.1 Å². The van der Waals surface area contributed by atoms with Gasteiger partial charge in [-0.1, -0.05) is 44.2 Å². The van der Waals surface area contributed by atoms with Crippen LogP contribution in [0, 0.1) is 5.92 Å². The van der Waals surface area contributed by atoms with E-state index < -0.39 is 0 Å². The molecule has 3 nitrogen and oxygen atoms in total. The monoisotopic (exact) mass is 287 g/mol. The Hall–Kier alpha value is -1.55. The lowest BCUT2D eigenvalue weighted by atomic mass is 10.1. The van der Waals surface area contributed by atoms with Crippen LogP contribution in [0.3, 0.4) is 0 Å². The van der Waals surface area contributed by atoms with Gasteiger partial charge in [0.1, 0.15) is 10.8 Å². The Labute approximate surface area is 124 Å². The lowest BCUT2D eigenvalue weighted by Crippen LogP contribution is -2.29. The number of hydrogen-bond acceptors (Lipinski definition) is 4. The Kier molecular flexibility index (Phi) is 3.66. The molecule has 106 valence electrons. The van der Waals surface area contributed by atoms with Crippen molar-refractivity contribution in [2.45, 2.75) is 32.7 Å². The van der Waals surface area contributed by atoms with Gasteiger partial charge in [0, 0.05) is 12.6 Å². The van der Waals surface area contributed by atoms with E-state index in [2.05, 4.69) is 47.4 Å². The highest BCUT2D eigenvalue weighted by atomic mass is 32.1. The van der Waals surface area contributed by atoms with Gasteiger partial charge in [0.15, 0.2) is 0 Å². The van der Waals surface area contributed by atoms with Gasteiger partial charge in [-0.25, -0.2) is 0 Å². The summed E-state index contributed by atoms with van der Waals surface area (Å²) in [6.45, 7) is 5.61. The first-order chi connectivity index (χ1) is 9.66. The van der Waals surface area contributed by atoms with E-state index in [1.54, 1.807) is 11.5 Å². The first-order valence-corrected chi connectivity index (χ1v) is 8.01. The second-order valence-electron chi connectivity index (χ2n) is 5.89. The van der Waals surface area contributed by atoms with Gasteiger partial charge < -0.3 is 10.6 Å². The Morgan fingerprint density at radius 1 is 1.30 bits per heavy atom. The minimum absolute atomic E-state index is 0.641. The van der Waals surface area contributed by atoms with Crippen molar-refractivity contribution in [1.82, 2.24) is 4.37 Å². The van der Waals surface area contributed by atoms with Gasteiger partial charge in [-0.2, -0.15) is 4.37 Å². The number of nitrogens with two attached hydrogens (primary N) is 1. The smallest absolute Gasteiger partial charge is 0.147 e. The summed E-state index contributed by atoms with van der Waals surface area (Å²) < 4.78 is 4.41. The van der Waals surface area contributed by atoms with Gasteiger partial charge in [0.25, 0.3) is 0 Å². The molecular weight excluding hydrogens is 266 g/mol. The van der Waals surface area contributed by atoms with Crippen LogP contribution in [0.15, 0.2) is 30.3 Å². The lowest BCUT2D eigenvalue weighted by molar-refractivity contribution is 0.610. The summed E-state index contributed by atoms with van der Waals surface area (Å²) in [6.07, 6.45) is 2.58. The third-order valence-electron chi connectivity index (χ3n) is 3.57. The van der Waals surface area contributed by atoms with Gasteiger partial charge in [0.05, 0.1) is 5.56 Å². The van der Waals surface area contributed by atoms with Crippen LogP contribution in [0.5, 0.6) is 0 Å². The molecule has 1 aromatic carbocycles. The molecule has 1 aliphatic rings. The summed E-state index contributed by atoms with van der Waals surface area (Å²) in [4.78, 5) is 2.51. The van der Waals surface area contributed by atoms with Crippen LogP contribution in [0.1, 0.15) is 26.7 Å². The van der Waals surface area contributed by atoms with Crippen molar-refractivity contribution in [3.05, 3.63) is 30.3 Å². The summed E-state index contributed by atoms with van der Waals surface area (Å²) in [5, 5.41) is 1.24. The summed E-state index contributed by atoms with van der Waals surface area (Å²) in [5.74, 6) is 1.30. The first kappa shape index (κ1) is 13.4. The summed E-state index contributed by atoms with van der Waals surface area (Å²) in [5.41, 5.74) is 8.42. The molecule has 1 aromatic heterocycles. The molecule has 4 heteroatoms. The third-order valence-corrected chi connectivity index (χ3v) is 4.47. The summed E-state index contributed by atoms with van der Waals surface area (Å²) >= 11 is 1.54. The normalized spacial score (nSPS) is 14.8.